The van der Waals surface area contributed by atoms with Crippen LogP contribution in [0.25, 0.3) is 0 Å². The van der Waals surface area contributed by atoms with E-state index in [0.29, 0.717) is 26.9 Å². The van der Waals surface area contributed by atoms with Gasteiger partial charge in [-0.05, 0) is 42.5 Å². The monoisotopic (exact) mass is 310 g/mol. The number of hydrogen-bond acceptors (Lipinski definition) is 3. The second-order valence-corrected chi connectivity index (χ2v) is 5.00. The molecule has 1 N–H and O–H groups in total. The van der Waals surface area contributed by atoms with Crippen LogP contribution in [0.5, 0.6) is 5.75 Å². The molecule has 0 saturated carbocycles. The van der Waals surface area contributed by atoms with Gasteiger partial charge in [0.15, 0.2) is 12.4 Å². The van der Waals surface area contributed by atoms with Gasteiger partial charge in [0.2, 0.25) is 0 Å². The van der Waals surface area contributed by atoms with Crippen molar-refractivity contribution in [2.75, 3.05) is 6.61 Å². The molecule has 0 aromatic heterocycles. The third-order valence-corrected chi connectivity index (χ3v) is 3.20. The Hall–Kier alpha value is -1.55. The van der Waals surface area contributed by atoms with Gasteiger partial charge in [0.25, 0.3) is 0 Å². The second-order valence-electron chi connectivity index (χ2n) is 4.13. The molecule has 0 radical (unpaired) electrons. The minimum absolute atomic E-state index is 0.115. The summed E-state index contributed by atoms with van der Waals surface area (Å²) in [5, 5.41) is 10.3. The number of carbonyl (C=O) groups is 1. The zero-order valence-electron chi connectivity index (χ0n) is 10.5. The van der Waals surface area contributed by atoms with Gasteiger partial charge in [-0.2, -0.15) is 0 Å². The molecule has 0 fully saturated rings. The van der Waals surface area contributed by atoms with Crippen LogP contribution in [-0.2, 0) is 6.61 Å². The second kappa shape index (κ2) is 6.75. The van der Waals surface area contributed by atoms with Crippen LogP contribution in [0.2, 0.25) is 10.0 Å². The van der Waals surface area contributed by atoms with E-state index in [1.54, 1.807) is 42.5 Å². The molecule has 0 unspecified atom stereocenters. The fourth-order valence-electron chi connectivity index (χ4n) is 1.67. The van der Waals surface area contributed by atoms with Crippen molar-refractivity contribution in [3.05, 3.63) is 63.6 Å². The maximum absolute atomic E-state index is 11.9. The maximum Gasteiger partial charge on any atom is 0.200 e. The standard InChI is InChI=1S/C15H12Cl2O3/c16-12-3-1-10(2-4-12)14(19)9-20-15-6-5-13(17)7-11(15)8-18/h1-7,18H,8-9H2. The van der Waals surface area contributed by atoms with Crippen LogP contribution >= 0.6 is 23.2 Å². The zero-order valence-corrected chi connectivity index (χ0v) is 12.0. The molecule has 104 valence electrons. The van der Waals surface area contributed by atoms with E-state index in [1.807, 2.05) is 0 Å². The molecule has 0 saturated heterocycles. The number of rotatable bonds is 5. The van der Waals surface area contributed by atoms with E-state index < -0.39 is 0 Å². The maximum atomic E-state index is 11.9. The Morgan fingerprint density at radius 3 is 2.35 bits per heavy atom. The lowest BCUT2D eigenvalue weighted by molar-refractivity contribution is 0.0919. The van der Waals surface area contributed by atoms with E-state index in [2.05, 4.69) is 0 Å². The van der Waals surface area contributed by atoms with Crippen molar-refractivity contribution >= 4 is 29.0 Å². The number of hydrogen-bond donors (Lipinski definition) is 1. The lowest BCUT2D eigenvalue weighted by Gasteiger charge is -2.10. The van der Waals surface area contributed by atoms with Crippen LogP contribution in [0.15, 0.2) is 42.5 Å². The minimum atomic E-state index is -0.203. The summed E-state index contributed by atoms with van der Waals surface area (Å²) in [5.41, 5.74) is 1.07. The van der Waals surface area contributed by atoms with Crippen LogP contribution < -0.4 is 4.74 Å². The smallest absolute Gasteiger partial charge is 0.200 e. The molecule has 0 aliphatic rings. The van der Waals surface area contributed by atoms with Crippen LogP contribution in [0.1, 0.15) is 15.9 Å². The molecule has 2 rings (SSSR count). The molecule has 0 amide bonds. The molecule has 0 spiro atoms. The molecule has 2 aromatic carbocycles. The predicted molar refractivity (Wildman–Crippen MR) is 78.7 cm³/mol. The first-order valence-corrected chi connectivity index (χ1v) is 6.66. The molecule has 0 bridgehead atoms. The molecular formula is C15H12Cl2O3. The Morgan fingerprint density at radius 1 is 1.05 bits per heavy atom. The van der Waals surface area contributed by atoms with Crippen LogP contribution in [0, 0.1) is 0 Å². The van der Waals surface area contributed by atoms with Crippen molar-refractivity contribution < 1.29 is 14.6 Å². The Morgan fingerprint density at radius 2 is 1.70 bits per heavy atom. The van der Waals surface area contributed by atoms with Gasteiger partial charge in [-0.3, -0.25) is 4.79 Å². The summed E-state index contributed by atoms with van der Waals surface area (Å²) in [6.07, 6.45) is 0. The van der Waals surface area contributed by atoms with E-state index >= 15 is 0 Å². The van der Waals surface area contributed by atoms with Gasteiger partial charge in [-0.15, -0.1) is 0 Å². The highest BCUT2D eigenvalue weighted by atomic mass is 35.5. The highest BCUT2D eigenvalue weighted by Gasteiger charge is 2.09. The Balaban J connectivity index is 2.05. The number of aliphatic hydroxyl groups excluding tert-OH is 1. The highest BCUT2D eigenvalue weighted by Crippen LogP contribution is 2.23. The van der Waals surface area contributed by atoms with Gasteiger partial charge in [0.05, 0.1) is 6.61 Å². The number of halogens is 2. The summed E-state index contributed by atoms with van der Waals surface area (Å²) in [7, 11) is 0. The molecule has 0 aliphatic carbocycles. The average molecular weight is 311 g/mol. The van der Waals surface area contributed by atoms with E-state index in [1.165, 1.54) is 0 Å². The number of aliphatic hydroxyl groups is 1. The molecule has 3 nitrogen and oxygen atoms in total. The van der Waals surface area contributed by atoms with E-state index in [9.17, 15) is 9.90 Å². The number of carbonyl (C=O) groups excluding carboxylic acids is 1. The van der Waals surface area contributed by atoms with Crippen LogP contribution in [0.3, 0.4) is 0 Å². The molecule has 2 aromatic rings. The number of Topliss-reactive ketones (excluding diaryl/α,β-unsaturated/α-hetero) is 1. The molecule has 0 atom stereocenters. The van der Waals surface area contributed by atoms with Gasteiger partial charge in [-0.1, -0.05) is 23.2 Å². The quantitative estimate of drug-likeness (QED) is 0.856. The van der Waals surface area contributed by atoms with Crippen molar-refractivity contribution in [3.63, 3.8) is 0 Å². The summed E-state index contributed by atoms with van der Waals surface area (Å²) >= 11 is 11.6. The van der Waals surface area contributed by atoms with Crippen molar-refractivity contribution in [2.45, 2.75) is 6.61 Å². The normalized spacial score (nSPS) is 10.3. The largest absolute Gasteiger partial charge is 0.485 e. The molecule has 0 aliphatic heterocycles. The van der Waals surface area contributed by atoms with Gasteiger partial charge >= 0.3 is 0 Å². The van der Waals surface area contributed by atoms with Gasteiger partial charge in [-0.25, -0.2) is 0 Å². The SMILES string of the molecule is O=C(COc1ccc(Cl)cc1CO)c1ccc(Cl)cc1. The minimum Gasteiger partial charge on any atom is -0.485 e. The van der Waals surface area contributed by atoms with Crippen molar-refractivity contribution in [3.8, 4) is 5.75 Å². The number of ether oxygens (including phenoxy) is 1. The number of ketones is 1. The van der Waals surface area contributed by atoms with Crippen LogP contribution in [-0.4, -0.2) is 17.5 Å². The summed E-state index contributed by atoms with van der Waals surface area (Å²) in [6, 6.07) is 11.5. The third kappa shape index (κ3) is 3.73. The summed E-state index contributed by atoms with van der Waals surface area (Å²) in [4.78, 5) is 11.9. The summed E-state index contributed by atoms with van der Waals surface area (Å²) < 4.78 is 5.43. The zero-order chi connectivity index (χ0) is 14.5. The first kappa shape index (κ1) is 14.9. The summed E-state index contributed by atoms with van der Waals surface area (Å²) in [6.45, 7) is -0.318. The average Bonchev–Trinajstić information content (AvgIpc) is 2.46. The van der Waals surface area contributed by atoms with Gasteiger partial charge < -0.3 is 9.84 Å². The Bertz CT molecular complexity index is 609. The van der Waals surface area contributed by atoms with Crippen molar-refractivity contribution in [2.24, 2.45) is 0 Å². The highest BCUT2D eigenvalue weighted by molar-refractivity contribution is 6.31. The first-order valence-electron chi connectivity index (χ1n) is 5.91. The lowest BCUT2D eigenvalue weighted by Crippen LogP contribution is -2.12. The molecule has 0 heterocycles. The van der Waals surface area contributed by atoms with Crippen molar-refractivity contribution in [1.82, 2.24) is 0 Å². The van der Waals surface area contributed by atoms with Crippen molar-refractivity contribution in [1.29, 1.82) is 0 Å². The molecule has 5 heteroatoms. The Kier molecular flexibility index (Phi) is 5.01. The molecule has 20 heavy (non-hydrogen) atoms. The van der Waals surface area contributed by atoms with E-state index in [-0.39, 0.29) is 19.0 Å². The first-order chi connectivity index (χ1) is 9.60. The van der Waals surface area contributed by atoms with E-state index in [4.69, 9.17) is 27.9 Å². The lowest BCUT2D eigenvalue weighted by atomic mass is 10.1. The summed E-state index contributed by atoms with van der Waals surface area (Å²) in [5.74, 6) is 0.278. The number of benzene rings is 2. The third-order valence-electron chi connectivity index (χ3n) is 2.72. The van der Waals surface area contributed by atoms with Gasteiger partial charge in [0.1, 0.15) is 5.75 Å². The van der Waals surface area contributed by atoms with E-state index in [0.717, 1.165) is 0 Å². The van der Waals surface area contributed by atoms with Crippen LogP contribution in [0.4, 0.5) is 0 Å². The topological polar surface area (TPSA) is 46.5 Å². The fraction of sp³-hybridized carbons (Fsp3) is 0.133. The fourth-order valence-corrected chi connectivity index (χ4v) is 2.00. The molecular weight excluding hydrogens is 299 g/mol. The predicted octanol–water partition coefficient (Wildman–Crippen LogP) is 3.75. The van der Waals surface area contributed by atoms with Gasteiger partial charge in [0, 0.05) is 21.2 Å². The Labute approximate surface area is 126 Å².